The number of hydrogen-bond donors (Lipinski definition) is 1. The second-order valence-electron chi connectivity index (χ2n) is 6.83. The van der Waals surface area contributed by atoms with Gasteiger partial charge in [-0.25, -0.2) is 22.3 Å². The molecule has 4 rings (SSSR count). The van der Waals surface area contributed by atoms with Gasteiger partial charge in [0.15, 0.2) is 0 Å². The molecule has 4 aromatic rings. The van der Waals surface area contributed by atoms with Crippen molar-refractivity contribution in [3.8, 4) is 29.0 Å². The number of methoxy groups -OCH3 is 2. The van der Waals surface area contributed by atoms with Crippen LogP contribution in [0, 0.1) is 0 Å². The van der Waals surface area contributed by atoms with Crippen LogP contribution in [0.3, 0.4) is 0 Å². The van der Waals surface area contributed by atoms with Gasteiger partial charge in [0.1, 0.15) is 4.90 Å². The van der Waals surface area contributed by atoms with Gasteiger partial charge in [-0.1, -0.05) is 18.2 Å². The van der Waals surface area contributed by atoms with Crippen LogP contribution in [-0.4, -0.2) is 53.8 Å². The molecule has 1 aromatic carbocycles. The summed E-state index contributed by atoms with van der Waals surface area (Å²) >= 11 is 0. The van der Waals surface area contributed by atoms with Gasteiger partial charge in [0.05, 0.1) is 31.0 Å². The minimum absolute atomic E-state index is 0.0176. The summed E-state index contributed by atoms with van der Waals surface area (Å²) in [4.78, 5) is 8.32. The molecule has 0 fully saturated rings. The summed E-state index contributed by atoms with van der Waals surface area (Å²) in [7, 11) is -1.60. The zero-order chi connectivity index (χ0) is 23.8. The number of hydrogen-bond acceptors (Lipinski definition) is 8. The third-order valence-corrected chi connectivity index (χ3v) is 5.76. The first-order valence-electron chi connectivity index (χ1n) is 9.47. The number of para-hydroxylation sites is 1. The number of sulfonamides is 1. The average molecular weight is 476 g/mol. The lowest BCUT2D eigenvalue weighted by molar-refractivity contribution is 0.146. The van der Waals surface area contributed by atoms with E-state index in [9.17, 15) is 17.2 Å². The lowest BCUT2D eigenvalue weighted by Gasteiger charge is -2.14. The molecule has 33 heavy (non-hydrogen) atoms. The molecular weight excluding hydrogens is 458 g/mol. The number of nitrogens with two attached hydrogens (primary N) is 1. The Labute approximate surface area is 187 Å². The van der Waals surface area contributed by atoms with Crippen LogP contribution in [0.15, 0.2) is 47.6 Å². The Balaban J connectivity index is 2.08. The third-order valence-electron chi connectivity index (χ3n) is 4.82. The van der Waals surface area contributed by atoms with E-state index in [0.717, 1.165) is 0 Å². The van der Waals surface area contributed by atoms with Crippen molar-refractivity contribution in [2.45, 2.75) is 17.7 Å². The molecule has 2 N–H and O–H groups in total. The number of nitrogens with zero attached hydrogens (tertiary/aromatic N) is 5. The zero-order valence-electron chi connectivity index (χ0n) is 17.4. The van der Waals surface area contributed by atoms with Crippen LogP contribution in [0.2, 0.25) is 0 Å². The first kappa shape index (κ1) is 22.5. The Morgan fingerprint density at radius 2 is 1.79 bits per heavy atom. The molecule has 0 atom stereocenters. The molecule has 3 heterocycles. The van der Waals surface area contributed by atoms with Crippen LogP contribution in [-0.2, 0) is 16.4 Å². The Morgan fingerprint density at radius 1 is 1.09 bits per heavy atom. The molecule has 0 bridgehead atoms. The molecule has 13 heteroatoms. The lowest BCUT2D eigenvalue weighted by atomic mass is 10.1. The first-order valence-corrected chi connectivity index (χ1v) is 11.0. The van der Waals surface area contributed by atoms with Crippen LogP contribution in [0.4, 0.5) is 8.78 Å². The number of alkyl halides is 2. The fraction of sp³-hybridized carbons (Fsp3) is 0.200. The molecule has 172 valence electrons. The van der Waals surface area contributed by atoms with E-state index >= 15 is 0 Å². The predicted octanol–water partition coefficient (Wildman–Crippen LogP) is 2.35. The number of primary sulfonamides is 1. The second kappa shape index (κ2) is 8.67. The van der Waals surface area contributed by atoms with E-state index in [1.165, 1.54) is 31.2 Å². The van der Waals surface area contributed by atoms with Crippen molar-refractivity contribution in [3.63, 3.8) is 0 Å². The van der Waals surface area contributed by atoms with E-state index in [1.54, 1.807) is 30.3 Å². The second-order valence-corrected chi connectivity index (χ2v) is 8.36. The van der Waals surface area contributed by atoms with Crippen LogP contribution >= 0.6 is 0 Å². The van der Waals surface area contributed by atoms with Gasteiger partial charge < -0.3 is 9.47 Å². The molecule has 0 saturated carbocycles. The maximum atomic E-state index is 13.1. The molecule has 3 aromatic heterocycles. The first-order chi connectivity index (χ1) is 15.7. The topological polar surface area (TPSA) is 135 Å². The smallest absolute Gasteiger partial charge is 0.243 e. The van der Waals surface area contributed by atoms with Gasteiger partial charge in [0.25, 0.3) is 0 Å². The quantitative estimate of drug-likeness (QED) is 0.429. The van der Waals surface area contributed by atoms with E-state index in [1.807, 2.05) is 0 Å². The van der Waals surface area contributed by atoms with Gasteiger partial charge in [-0.2, -0.15) is 20.2 Å². The molecule has 0 aliphatic heterocycles. The predicted molar refractivity (Wildman–Crippen MR) is 114 cm³/mol. The largest absolute Gasteiger partial charge is 0.481 e. The summed E-state index contributed by atoms with van der Waals surface area (Å²) in [5.74, 6) is -0.334. The van der Waals surface area contributed by atoms with E-state index in [0.29, 0.717) is 22.2 Å². The van der Waals surface area contributed by atoms with Crippen LogP contribution < -0.4 is 14.6 Å². The number of ether oxygens (including phenoxy) is 2. The van der Waals surface area contributed by atoms with Gasteiger partial charge in [-0.05, 0) is 12.1 Å². The Kier molecular flexibility index (Phi) is 5.91. The Hall–Kier alpha value is -3.71. The zero-order valence-corrected chi connectivity index (χ0v) is 18.3. The van der Waals surface area contributed by atoms with Crippen molar-refractivity contribution in [3.05, 3.63) is 48.3 Å². The minimum atomic E-state index is -4.15. The molecule has 0 amide bonds. The van der Waals surface area contributed by atoms with Crippen LogP contribution in [0.25, 0.3) is 28.1 Å². The standard InChI is InChI=1S/C20H18F2N6O4S/c1-31-18-13(9-16(21)22)19(32-2)26-20(25-18)28-10-15(33(23,29)30)12-6-3-5-11(17(12)28)14-7-4-8-24-27-14/h3-8,10,16H,9H2,1-2H3,(H2,23,29,30). The van der Waals surface area contributed by atoms with E-state index in [2.05, 4.69) is 20.2 Å². The van der Waals surface area contributed by atoms with Crippen molar-refractivity contribution in [2.24, 2.45) is 5.14 Å². The van der Waals surface area contributed by atoms with Crippen molar-refractivity contribution >= 4 is 20.9 Å². The molecular formula is C20H18F2N6O4S. The van der Waals surface area contributed by atoms with Crippen LogP contribution in [0.1, 0.15) is 5.56 Å². The monoisotopic (exact) mass is 476 g/mol. The number of rotatable bonds is 7. The normalized spacial score (nSPS) is 11.8. The van der Waals surface area contributed by atoms with Gasteiger partial charge in [0.2, 0.25) is 34.2 Å². The Morgan fingerprint density at radius 3 is 2.33 bits per heavy atom. The molecule has 0 radical (unpaired) electrons. The van der Waals surface area contributed by atoms with E-state index < -0.39 is 22.9 Å². The minimum Gasteiger partial charge on any atom is -0.481 e. The average Bonchev–Trinajstić information content (AvgIpc) is 3.20. The number of benzene rings is 1. The van der Waals surface area contributed by atoms with Gasteiger partial charge in [-0.15, -0.1) is 0 Å². The molecule has 0 aliphatic rings. The fourth-order valence-corrected chi connectivity index (χ4v) is 4.22. The molecule has 0 aliphatic carbocycles. The van der Waals surface area contributed by atoms with Gasteiger partial charge in [-0.3, -0.25) is 4.57 Å². The highest BCUT2D eigenvalue weighted by Gasteiger charge is 2.25. The van der Waals surface area contributed by atoms with Crippen molar-refractivity contribution < 1.29 is 26.7 Å². The van der Waals surface area contributed by atoms with Gasteiger partial charge in [0, 0.05) is 29.8 Å². The summed E-state index contributed by atoms with van der Waals surface area (Å²) < 4.78 is 62.6. The lowest BCUT2D eigenvalue weighted by Crippen LogP contribution is -2.12. The SMILES string of the molecule is COc1nc(-n2cc(S(N)(=O)=O)c3cccc(-c4cccnn4)c32)nc(OC)c1CC(F)F. The van der Waals surface area contributed by atoms with E-state index in [4.69, 9.17) is 14.6 Å². The summed E-state index contributed by atoms with van der Waals surface area (Å²) in [6.45, 7) is 0. The molecule has 0 saturated heterocycles. The fourth-order valence-electron chi connectivity index (χ4n) is 3.50. The van der Waals surface area contributed by atoms with Gasteiger partial charge >= 0.3 is 0 Å². The van der Waals surface area contributed by atoms with E-state index in [-0.39, 0.29) is 28.2 Å². The summed E-state index contributed by atoms with van der Waals surface area (Å²) in [6, 6.07) is 8.32. The van der Waals surface area contributed by atoms with Crippen molar-refractivity contribution in [2.75, 3.05) is 14.2 Å². The van der Waals surface area contributed by atoms with Crippen molar-refractivity contribution in [1.82, 2.24) is 24.7 Å². The Bertz CT molecular complexity index is 1400. The highest BCUT2D eigenvalue weighted by Crippen LogP contribution is 2.35. The third kappa shape index (κ3) is 4.19. The maximum absolute atomic E-state index is 13.1. The number of halogens is 2. The molecule has 10 nitrogen and oxygen atoms in total. The number of aromatic nitrogens is 5. The molecule has 0 unspecified atom stereocenters. The highest BCUT2D eigenvalue weighted by atomic mass is 32.2. The summed E-state index contributed by atoms with van der Waals surface area (Å²) in [5.41, 5.74) is 1.33. The molecule has 0 spiro atoms. The summed E-state index contributed by atoms with van der Waals surface area (Å²) in [6.07, 6.45) is -0.626. The highest BCUT2D eigenvalue weighted by molar-refractivity contribution is 7.89. The van der Waals surface area contributed by atoms with Crippen molar-refractivity contribution in [1.29, 1.82) is 0 Å². The van der Waals surface area contributed by atoms with Crippen LogP contribution in [0.5, 0.6) is 11.8 Å². The number of fused-ring (bicyclic) bond motifs is 1. The maximum Gasteiger partial charge on any atom is 0.243 e. The summed E-state index contributed by atoms with van der Waals surface area (Å²) in [5, 5.41) is 13.7.